The van der Waals surface area contributed by atoms with Crippen molar-refractivity contribution in [3.8, 4) is 0 Å². The van der Waals surface area contributed by atoms with Gasteiger partial charge in [-0.15, -0.1) is 0 Å². The van der Waals surface area contributed by atoms with E-state index < -0.39 is 18.8 Å². The Kier molecular flexibility index (Phi) is 4.40. The highest BCUT2D eigenvalue weighted by atomic mass is 31.2. The number of aryl methyl sites for hydroxylation is 1. The van der Waals surface area contributed by atoms with Crippen LogP contribution in [0.4, 0.5) is 14.5 Å². The van der Waals surface area contributed by atoms with Crippen LogP contribution in [0.25, 0.3) is 0 Å². The summed E-state index contributed by atoms with van der Waals surface area (Å²) in [7, 11) is -5.61. The quantitative estimate of drug-likeness (QED) is 0.588. The summed E-state index contributed by atoms with van der Waals surface area (Å²) in [6, 6.07) is 1.10. The van der Waals surface area contributed by atoms with Gasteiger partial charge in [0.25, 0.3) is 0 Å². The monoisotopic (exact) mass is 293 g/mol. The van der Waals surface area contributed by atoms with Gasteiger partial charge in [-0.25, -0.2) is 0 Å². The van der Waals surface area contributed by atoms with Gasteiger partial charge in [0.05, 0.1) is 5.56 Å². The maximum absolute atomic E-state index is 13.8. The normalized spacial score (nSPS) is 12.8. The van der Waals surface area contributed by atoms with Crippen molar-refractivity contribution in [3.05, 3.63) is 28.3 Å². The van der Waals surface area contributed by atoms with Gasteiger partial charge in [-0.1, -0.05) is 13.8 Å². The van der Waals surface area contributed by atoms with E-state index >= 15 is 0 Å². The van der Waals surface area contributed by atoms with Crippen LogP contribution in [-0.4, -0.2) is 9.79 Å². The molecule has 0 saturated carbocycles. The summed E-state index contributed by atoms with van der Waals surface area (Å²) in [5.74, 6) is 0. The summed E-state index contributed by atoms with van der Waals surface area (Å²) in [6.45, 7) is 5.32. The van der Waals surface area contributed by atoms with Crippen LogP contribution in [0, 0.1) is 6.92 Å². The van der Waals surface area contributed by atoms with E-state index in [1.54, 1.807) is 20.8 Å². The van der Waals surface area contributed by atoms with Gasteiger partial charge in [-0.2, -0.15) is 8.78 Å². The van der Waals surface area contributed by atoms with Crippen LogP contribution >= 0.6 is 7.60 Å². The molecule has 4 N–H and O–H groups in total. The Morgan fingerprint density at radius 1 is 1.32 bits per heavy atom. The van der Waals surface area contributed by atoms with Gasteiger partial charge in [-0.05, 0) is 42.5 Å². The number of hydrogen-bond acceptors (Lipinski definition) is 2. The molecule has 0 bridgehead atoms. The first-order valence-corrected chi connectivity index (χ1v) is 7.53. The molecule has 0 aliphatic heterocycles. The first-order valence-electron chi connectivity index (χ1n) is 5.92. The van der Waals surface area contributed by atoms with Gasteiger partial charge < -0.3 is 15.5 Å². The average molecular weight is 293 g/mol. The Hall–Kier alpha value is -0.970. The van der Waals surface area contributed by atoms with Gasteiger partial charge in [0.1, 0.15) is 0 Å². The molecule has 0 fully saturated rings. The van der Waals surface area contributed by atoms with Gasteiger partial charge in [0, 0.05) is 5.69 Å². The molecule has 0 amide bonds. The van der Waals surface area contributed by atoms with Crippen LogP contribution < -0.4 is 5.73 Å². The Balaban J connectivity index is 3.67. The molecule has 1 rings (SSSR count). The van der Waals surface area contributed by atoms with E-state index in [1.807, 2.05) is 0 Å². The third kappa shape index (κ3) is 2.66. The van der Waals surface area contributed by atoms with Gasteiger partial charge in [-0.3, -0.25) is 4.57 Å². The van der Waals surface area contributed by atoms with Crippen molar-refractivity contribution < 1.29 is 23.1 Å². The summed E-state index contributed by atoms with van der Waals surface area (Å²) in [5.41, 5.74) is 2.34. The van der Waals surface area contributed by atoms with E-state index in [0.717, 1.165) is 11.6 Å². The third-order valence-corrected chi connectivity index (χ3v) is 4.27. The second kappa shape index (κ2) is 5.19. The number of halogens is 2. The molecule has 0 saturated heterocycles. The summed E-state index contributed by atoms with van der Waals surface area (Å²) >= 11 is 0. The highest BCUT2D eigenvalue weighted by molar-refractivity contribution is 7.52. The van der Waals surface area contributed by atoms with Crippen LogP contribution in [0.15, 0.2) is 6.07 Å². The predicted molar refractivity (Wildman–Crippen MR) is 70.3 cm³/mol. The molecule has 0 radical (unpaired) electrons. The smallest absolute Gasteiger partial charge is 0.398 e. The standard InChI is InChI=1S/C12H18F2NO3P/c1-4-8-6-10(12(13,14)19(16,17)18)11(15)9(5-2)7(8)3/h6H,4-5,15H2,1-3H3,(H2,16,17,18). The second-order valence-corrected chi connectivity index (χ2v) is 6.04. The molecule has 19 heavy (non-hydrogen) atoms. The van der Waals surface area contributed by atoms with E-state index in [-0.39, 0.29) is 5.69 Å². The van der Waals surface area contributed by atoms with Crippen LogP contribution in [0.2, 0.25) is 0 Å². The lowest BCUT2D eigenvalue weighted by Crippen LogP contribution is -2.18. The minimum atomic E-state index is -5.61. The van der Waals surface area contributed by atoms with Crippen LogP contribution in [-0.2, 0) is 23.1 Å². The van der Waals surface area contributed by atoms with Crippen molar-refractivity contribution in [3.63, 3.8) is 0 Å². The van der Waals surface area contributed by atoms with Crippen molar-refractivity contribution in [2.45, 2.75) is 39.3 Å². The fourth-order valence-corrected chi connectivity index (χ4v) is 2.65. The minimum absolute atomic E-state index is 0.231. The van der Waals surface area contributed by atoms with Crippen LogP contribution in [0.1, 0.15) is 36.1 Å². The lowest BCUT2D eigenvalue weighted by atomic mass is 9.93. The Bertz CT molecular complexity index is 540. The zero-order chi connectivity index (χ0) is 15.0. The third-order valence-electron chi connectivity index (χ3n) is 3.29. The maximum Gasteiger partial charge on any atom is 0.399 e. The fourth-order valence-electron chi connectivity index (χ4n) is 2.15. The highest BCUT2D eigenvalue weighted by Crippen LogP contribution is 2.60. The molecular formula is C12H18F2NO3P. The number of anilines is 1. The SMILES string of the molecule is CCc1cc(C(F)(F)P(=O)(O)O)c(N)c(CC)c1C. The second-order valence-electron chi connectivity index (χ2n) is 4.39. The zero-order valence-electron chi connectivity index (χ0n) is 11.1. The molecule has 0 aliphatic carbocycles. The summed E-state index contributed by atoms with van der Waals surface area (Å²) < 4.78 is 38.7. The van der Waals surface area contributed by atoms with E-state index in [9.17, 15) is 13.3 Å². The van der Waals surface area contributed by atoms with Crippen LogP contribution in [0.5, 0.6) is 0 Å². The van der Waals surface area contributed by atoms with E-state index in [0.29, 0.717) is 24.0 Å². The van der Waals surface area contributed by atoms with Crippen molar-refractivity contribution in [2.24, 2.45) is 0 Å². The number of benzene rings is 1. The molecule has 0 atom stereocenters. The van der Waals surface area contributed by atoms with Gasteiger partial charge >= 0.3 is 13.3 Å². The van der Waals surface area contributed by atoms with E-state index in [4.69, 9.17) is 15.5 Å². The first kappa shape index (κ1) is 16.1. The van der Waals surface area contributed by atoms with E-state index in [2.05, 4.69) is 0 Å². The van der Waals surface area contributed by atoms with Crippen molar-refractivity contribution >= 4 is 13.3 Å². The fraction of sp³-hybridized carbons (Fsp3) is 0.500. The Morgan fingerprint density at radius 2 is 1.84 bits per heavy atom. The van der Waals surface area contributed by atoms with Crippen molar-refractivity contribution in [2.75, 3.05) is 5.73 Å². The lowest BCUT2D eigenvalue weighted by molar-refractivity contribution is 0.0570. The summed E-state index contributed by atoms with van der Waals surface area (Å²) in [6.07, 6.45) is 0.916. The average Bonchev–Trinajstić information content (AvgIpc) is 2.28. The molecule has 7 heteroatoms. The topological polar surface area (TPSA) is 83.5 Å². The number of hydrogen-bond donors (Lipinski definition) is 3. The minimum Gasteiger partial charge on any atom is -0.398 e. The highest BCUT2D eigenvalue weighted by Gasteiger charge is 2.52. The molecular weight excluding hydrogens is 275 g/mol. The summed E-state index contributed by atoms with van der Waals surface area (Å²) in [4.78, 5) is 17.7. The van der Waals surface area contributed by atoms with Gasteiger partial charge in [0.2, 0.25) is 0 Å². The molecule has 0 spiro atoms. The zero-order valence-corrected chi connectivity index (χ0v) is 12.0. The molecule has 1 aromatic rings. The molecule has 1 aromatic carbocycles. The van der Waals surface area contributed by atoms with Crippen LogP contribution in [0.3, 0.4) is 0 Å². The number of nitrogen functional groups attached to an aromatic ring is 1. The van der Waals surface area contributed by atoms with Crippen molar-refractivity contribution in [1.29, 1.82) is 0 Å². The van der Waals surface area contributed by atoms with Crippen molar-refractivity contribution in [1.82, 2.24) is 0 Å². The Morgan fingerprint density at radius 3 is 2.21 bits per heavy atom. The number of rotatable bonds is 4. The first-order chi connectivity index (χ1) is 8.57. The number of alkyl halides is 2. The van der Waals surface area contributed by atoms with Gasteiger partial charge in [0.15, 0.2) is 0 Å². The number of nitrogens with two attached hydrogens (primary N) is 1. The maximum atomic E-state index is 13.8. The van der Waals surface area contributed by atoms with E-state index in [1.165, 1.54) is 0 Å². The molecule has 0 unspecified atom stereocenters. The molecule has 0 heterocycles. The largest absolute Gasteiger partial charge is 0.399 e. The summed E-state index contributed by atoms with van der Waals surface area (Å²) in [5, 5.41) is 0. The predicted octanol–water partition coefficient (Wildman–Crippen LogP) is 2.93. The molecule has 108 valence electrons. The molecule has 0 aliphatic rings. The Labute approximate surface area is 110 Å². The molecule has 4 nitrogen and oxygen atoms in total. The lowest BCUT2D eigenvalue weighted by Gasteiger charge is -2.23. The molecule has 0 aromatic heterocycles.